The number of piperidine rings is 1. The molecule has 1 aromatic rings. The maximum Gasteiger partial charge on any atom is 0.330 e. The molecule has 2 rings (SSSR count). The number of anilines is 2. The Hall–Kier alpha value is -2.78. The van der Waals surface area contributed by atoms with Crippen LogP contribution in [0, 0.1) is 5.92 Å². The van der Waals surface area contributed by atoms with Crippen molar-refractivity contribution < 1.29 is 9.59 Å². The van der Waals surface area contributed by atoms with Gasteiger partial charge in [-0.1, -0.05) is 27.2 Å². The van der Waals surface area contributed by atoms with Crippen molar-refractivity contribution in [1.82, 2.24) is 19.8 Å². The lowest BCUT2D eigenvalue weighted by atomic mass is 10.0. The monoisotopic (exact) mass is 436 g/mol. The first-order valence-corrected chi connectivity index (χ1v) is 11.1. The molecule has 0 spiro atoms. The molecule has 0 saturated carbocycles. The van der Waals surface area contributed by atoms with Gasteiger partial charge in [-0.05, 0) is 25.2 Å². The zero-order valence-electron chi connectivity index (χ0n) is 19.1. The number of hydrogen-bond donors (Lipinski definition) is 3. The van der Waals surface area contributed by atoms with E-state index in [4.69, 9.17) is 5.73 Å². The van der Waals surface area contributed by atoms with Crippen LogP contribution in [0.1, 0.15) is 53.4 Å². The highest BCUT2D eigenvalue weighted by atomic mass is 16.2. The van der Waals surface area contributed by atoms with E-state index >= 15 is 0 Å². The van der Waals surface area contributed by atoms with Gasteiger partial charge in [0, 0.05) is 39.1 Å². The highest BCUT2D eigenvalue weighted by molar-refractivity contribution is 5.82. The highest BCUT2D eigenvalue weighted by Crippen LogP contribution is 2.19. The van der Waals surface area contributed by atoms with Crippen LogP contribution in [0.15, 0.2) is 9.59 Å². The van der Waals surface area contributed by atoms with Crippen molar-refractivity contribution in [3.05, 3.63) is 20.8 Å². The topological polar surface area (TPSA) is 134 Å². The van der Waals surface area contributed by atoms with E-state index in [1.54, 1.807) is 16.7 Å². The van der Waals surface area contributed by atoms with E-state index in [0.29, 0.717) is 39.0 Å². The third kappa shape index (κ3) is 6.60. The lowest BCUT2D eigenvalue weighted by Crippen LogP contribution is -2.49. The summed E-state index contributed by atoms with van der Waals surface area (Å²) in [5.41, 5.74) is 5.28. The molecule has 1 saturated heterocycles. The standard InChI is InChI=1S/C21H36N6O4/c1-5-6-9-27-19(22)18(20(30)24-21(27)31)26(12-14(2)3)13-17(29)23-16-7-10-25(11-8-16)15(4)28/h14,16H,5-13,22H2,1-4H3,(H,23,29)(H,24,30,31). The number of aromatic amines is 1. The van der Waals surface area contributed by atoms with Crippen molar-refractivity contribution in [3.8, 4) is 0 Å². The predicted octanol–water partition coefficient (Wildman–Crippen LogP) is 0.508. The van der Waals surface area contributed by atoms with Gasteiger partial charge in [0.1, 0.15) is 11.5 Å². The second kappa shape index (κ2) is 11.0. The van der Waals surface area contributed by atoms with Crippen LogP contribution in [-0.4, -0.2) is 58.5 Å². The lowest BCUT2D eigenvalue weighted by molar-refractivity contribution is -0.130. The molecule has 0 bridgehead atoms. The van der Waals surface area contributed by atoms with Crippen LogP contribution in [0.3, 0.4) is 0 Å². The van der Waals surface area contributed by atoms with E-state index < -0.39 is 11.2 Å². The van der Waals surface area contributed by atoms with Gasteiger partial charge in [0.25, 0.3) is 5.56 Å². The van der Waals surface area contributed by atoms with Gasteiger partial charge in [-0.2, -0.15) is 0 Å². The minimum atomic E-state index is -0.585. The highest BCUT2D eigenvalue weighted by Gasteiger charge is 2.25. The summed E-state index contributed by atoms with van der Waals surface area (Å²) in [6.45, 7) is 9.56. The van der Waals surface area contributed by atoms with Crippen LogP contribution < -0.4 is 27.2 Å². The summed E-state index contributed by atoms with van der Waals surface area (Å²) >= 11 is 0. The maximum atomic E-state index is 12.8. The molecule has 10 nitrogen and oxygen atoms in total. The molecule has 0 aromatic carbocycles. The van der Waals surface area contributed by atoms with Crippen molar-refractivity contribution in [2.24, 2.45) is 5.92 Å². The molecule has 2 heterocycles. The first-order chi connectivity index (χ1) is 14.6. The molecule has 1 aliphatic rings. The molecular formula is C21H36N6O4. The summed E-state index contributed by atoms with van der Waals surface area (Å²) in [7, 11) is 0. The van der Waals surface area contributed by atoms with E-state index in [9.17, 15) is 19.2 Å². The van der Waals surface area contributed by atoms with Gasteiger partial charge in [0.2, 0.25) is 11.8 Å². The van der Waals surface area contributed by atoms with Crippen LogP contribution in [0.4, 0.5) is 11.5 Å². The average Bonchev–Trinajstić information content (AvgIpc) is 2.67. The van der Waals surface area contributed by atoms with Gasteiger partial charge in [-0.15, -0.1) is 0 Å². The fourth-order valence-electron chi connectivity index (χ4n) is 3.88. The smallest absolute Gasteiger partial charge is 0.330 e. The van der Waals surface area contributed by atoms with Gasteiger partial charge in [-0.3, -0.25) is 23.9 Å². The summed E-state index contributed by atoms with van der Waals surface area (Å²) in [6.07, 6.45) is 3.01. The van der Waals surface area contributed by atoms with Gasteiger partial charge >= 0.3 is 5.69 Å². The summed E-state index contributed by atoms with van der Waals surface area (Å²) in [6, 6.07) is -0.0156. The Labute approximate surface area is 182 Å². The Morgan fingerprint density at radius 3 is 2.45 bits per heavy atom. The van der Waals surface area contributed by atoms with Gasteiger partial charge in [-0.25, -0.2) is 4.79 Å². The number of nitrogen functional groups attached to an aromatic ring is 1. The van der Waals surface area contributed by atoms with E-state index in [-0.39, 0.29) is 41.8 Å². The fraction of sp³-hybridized carbons (Fsp3) is 0.714. The second-order valence-corrected chi connectivity index (χ2v) is 8.62. The first kappa shape index (κ1) is 24.5. The molecular weight excluding hydrogens is 400 g/mol. The number of aromatic nitrogens is 2. The Morgan fingerprint density at radius 1 is 1.26 bits per heavy atom. The van der Waals surface area contributed by atoms with E-state index in [0.717, 1.165) is 12.8 Å². The van der Waals surface area contributed by atoms with Crippen molar-refractivity contribution >= 4 is 23.3 Å². The first-order valence-electron chi connectivity index (χ1n) is 11.1. The minimum absolute atomic E-state index is 0.0156. The number of amides is 2. The Morgan fingerprint density at radius 2 is 1.90 bits per heavy atom. The number of H-pyrrole nitrogens is 1. The third-order valence-electron chi connectivity index (χ3n) is 5.49. The number of carbonyl (C=O) groups excluding carboxylic acids is 2. The number of carbonyl (C=O) groups is 2. The van der Waals surface area contributed by atoms with Crippen LogP contribution in [0.5, 0.6) is 0 Å². The van der Waals surface area contributed by atoms with Crippen LogP contribution >= 0.6 is 0 Å². The number of nitrogens with two attached hydrogens (primary N) is 1. The predicted molar refractivity (Wildman–Crippen MR) is 121 cm³/mol. The SMILES string of the molecule is CCCCn1c(N)c(N(CC(=O)NC2CCN(C(C)=O)CC2)CC(C)C)c(=O)[nH]c1=O. The summed E-state index contributed by atoms with van der Waals surface area (Å²) in [4.78, 5) is 54.9. The quantitative estimate of drug-likeness (QED) is 0.516. The van der Waals surface area contributed by atoms with E-state index in [1.807, 2.05) is 20.8 Å². The van der Waals surface area contributed by atoms with Gasteiger partial charge in [0.05, 0.1) is 6.54 Å². The molecule has 2 amide bonds. The molecule has 1 aromatic heterocycles. The molecule has 1 fully saturated rings. The molecule has 0 unspecified atom stereocenters. The molecule has 174 valence electrons. The van der Waals surface area contributed by atoms with Crippen molar-refractivity contribution in [2.75, 3.05) is 36.8 Å². The number of nitrogens with one attached hydrogen (secondary N) is 2. The zero-order chi connectivity index (χ0) is 23.1. The number of hydrogen-bond acceptors (Lipinski definition) is 6. The molecule has 0 atom stereocenters. The van der Waals surface area contributed by atoms with Crippen LogP contribution in [-0.2, 0) is 16.1 Å². The summed E-state index contributed by atoms with van der Waals surface area (Å²) in [5.74, 6) is 0.0830. The van der Waals surface area contributed by atoms with Crippen LogP contribution in [0.25, 0.3) is 0 Å². The third-order valence-corrected chi connectivity index (χ3v) is 5.49. The largest absolute Gasteiger partial charge is 0.383 e. The second-order valence-electron chi connectivity index (χ2n) is 8.62. The van der Waals surface area contributed by atoms with Crippen molar-refractivity contribution in [2.45, 2.75) is 66.0 Å². The number of nitrogens with zero attached hydrogens (tertiary/aromatic N) is 3. The summed E-state index contributed by atoms with van der Waals surface area (Å²) in [5, 5.41) is 3.01. The number of likely N-dealkylation sites (tertiary alicyclic amines) is 1. The van der Waals surface area contributed by atoms with E-state index in [1.165, 1.54) is 4.57 Å². The normalized spacial score (nSPS) is 14.7. The Balaban J connectivity index is 2.19. The van der Waals surface area contributed by atoms with Gasteiger partial charge < -0.3 is 20.9 Å². The number of rotatable bonds is 9. The van der Waals surface area contributed by atoms with Crippen LogP contribution in [0.2, 0.25) is 0 Å². The molecule has 0 radical (unpaired) electrons. The summed E-state index contributed by atoms with van der Waals surface area (Å²) < 4.78 is 1.36. The minimum Gasteiger partial charge on any atom is -0.383 e. The molecule has 1 aliphatic heterocycles. The Kier molecular flexibility index (Phi) is 8.70. The molecule has 0 aliphatic carbocycles. The molecule has 4 N–H and O–H groups in total. The van der Waals surface area contributed by atoms with Gasteiger partial charge in [0.15, 0.2) is 0 Å². The maximum absolute atomic E-state index is 12.8. The van der Waals surface area contributed by atoms with Crippen molar-refractivity contribution in [1.29, 1.82) is 0 Å². The molecule has 10 heteroatoms. The average molecular weight is 437 g/mol. The number of unbranched alkanes of at least 4 members (excludes halogenated alkanes) is 1. The Bertz CT molecular complexity index is 883. The van der Waals surface area contributed by atoms with Crippen molar-refractivity contribution in [3.63, 3.8) is 0 Å². The van der Waals surface area contributed by atoms with E-state index in [2.05, 4.69) is 10.3 Å². The zero-order valence-corrected chi connectivity index (χ0v) is 19.1. The fourth-order valence-corrected chi connectivity index (χ4v) is 3.88. The lowest BCUT2D eigenvalue weighted by Gasteiger charge is -2.33. The molecule has 31 heavy (non-hydrogen) atoms.